The Balaban J connectivity index is 0.948. The van der Waals surface area contributed by atoms with Crippen LogP contribution in [0.15, 0.2) is 170 Å². The van der Waals surface area contributed by atoms with E-state index < -0.39 is 0 Å². The maximum atomic E-state index is 4.98. The first-order valence-electron chi connectivity index (χ1n) is 18.3. The Morgan fingerprint density at radius 3 is 1.72 bits per heavy atom. The number of fused-ring (bicyclic) bond motifs is 6. The van der Waals surface area contributed by atoms with Gasteiger partial charge in [0, 0.05) is 36.9 Å². The number of aromatic nitrogens is 3. The summed E-state index contributed by atoms with van der Waals surface area (Å²) in [7, 11) is 0. The molecule has 1 aliphatic carbocycles. The van der Waals surface area contributed by atoms with Crippen LogP contribution in [0.5, 0.6) is 0 Å². The summed E-state index contributed by atoms with van der Waals surface area (Å²) < 4.78 is 2.56. The number of thiophene rings is 1. The Morgan fingerprint density at radius 1 is 0.453 bits per heavy atom. The van der Waals surface area contributed by atoms with E-state index in [0.29, 0.717) is 23.4 Å². The second kappa shape index (κ2) is 13.4. The Labute approximate surface area is 313 Å². The van der Waals surface area contributed by atoms with Gasteiger partial charge in [-0.1, -0.05) is 158 Å². The van der Waals surface area contributed by atoms with Crippen LogP contribution in [0.2, 0.25) is 0 Å². The first-order chi connectivity index (χ1) is 26.2. The van der Waals surface area contributed by atoms with Gasteiger partial charge in [-0.3, -0.25) is 0 Å². The van der Waals surface area contributed by atoms with Crippen molar-refractivity contribution >= 4 is 31.5 Å². The summed E-state index contributed by atoms with van der Waals surface area (Å²) in [6, 6.07) is 60.8. The minimum Gasteiger partial charge on any atom is -0.208 e. The molecule has 1 unspecified atom stereocenters. The third-order valence-electron chi connectivity index (χ3n) is 10.6. The molecule has 3 nitrogen and oxygen atoms in total. The molecular formula is C49H35N3S. The van der Waals surface area contributed by atoms with Crippen molar-refractivity contribution < 1.29 is 0 Å². The molecule has 1 atom stereocenters. The van der Waals surface area contributed by atoms with Gasteiger partial charge < -0.3 is 0 Å². The predicted molar refractivity (Wildman–Crippen MR) is 221 cm³/mol. The molecule has 0 fully saturated rings. The smallest absolute Gasteiger partial charge is 0.164 e. The molecule has 0 saturated carbocycles. The lowest BCUT2D eigenvalue weighted by molar-refractivity contribution is 0.616. The zero-order chi connectivity index (χ0) is 35.1. The van der Waals surface area contributed by atoms with Crippen molar-refractivity contribution in [2.24, 2.45) is 0 Å². The quantitative estimate of drug-likeness (QED) is 0.166. The highest BCUT2D eigenvalue weighted by Gasteiger charge is 2.25. The average molecular weight is 698 g/mol. The van der Waals surface area contributed by atoms with E-state index in [9.17, 15) is 0 Å². The summed E-state index contributed by atoms with van der Waals surface area (Å²) >= 11 is 1.85. The summed E-state index contributed by atoms with van der Waals surface area (Å²) in [4.78, 5) is 14.8. The summed E-state index contributed by atoms with van der Waals surface area (Å²) in [5, 5.41) is 2.57. The van der Waals surface area contributed by atoms with Gasteiger partial charge in [0.1, 0.15) is 0 Å². The average Bonchev–Trinajstić information content (AvgIpc) is 3.60. The Kier molecular flexibility index (Phi) is 7.96. The van der Waals surface area contributed by atoms with Gasteiger partial charge in [0.15, 0.2) is 17.5 Å². The van der Waals surface area contributed by atoms with E-state index in [0.717, 1.165) is 36.0 Å². The lowest BCUT2D eigenvalue weighted by atomic mass is 9.76. The molecule has 0 saturated heterocycles. The van der Waals surface area contributed by atoms with E-state index in [-0.39, 0.29) is 0 Å². The fourth-order valence-electron chi connectivity index (χ4n) is 7.96. The van der Waals surface area contributed by atoms with E-state index in [2.05, 4.69) is 109 Å². The largest absolute Gasteiger partial charge is 0.208 e. The molecule has 9 aromatic rings. The van der Waals surface area contributed by atoms with Gasteiger partial charge in [-0.15, -0.1) is 11.3 Å². The molecule has 0 radical (unpaired) electrons. The van der Waals surface area contributed by atoms with E-state index in [1.807, 2.05) is 72.0 Å². The summed E-state index contributed by atoms with van der Waals surface area (Å²) in [6.07, 6.45) is 3.22. The van der Waals surface area contributed by atoms with Gasteiger partial charge in [0.25, 0.3) is 0 Å². The van der Waals surface area contributed by atoms with Crippen molar-refractivity contribution in [3.8, 4) is 56.4 Å². The topological polar surface area (TPSA) is 38.7 Å². The van der Waals surface area contributed by atoms with Crippen molar-refractivity contribution in [1.29, 1.82) is 0 Å². The zero-order valence-corrected chi connectivity index (χ0v) is 29.9. The van der Waals surface area contributed by atoms with Crippen molar-refractivity contribution in [2.45, 2.75) is 25.2 Å². The van der Waals surface area contributed by atoms with Crippen LogP contribution in [0.3, 0.4) is 0 Å². The number of nitrogens with zero attached hydrogens (tertiary/aromatic N) is 3. The van der Waals surface area contributed by atoms with Crippen LogP contribution >= 0.6 is 11.3 Å². The van der Waals surface area contributed by atoms with Gasteiger partial charge >= 0.3 is 0 Å². The summed E-state index contributed by atoms with van der Waals surface area (Å²) in [5.41, 5.74) is 12.6. The third kappa shape index (κ3) is 6.01. The molecule has 4 heteroatoms. The maximum Gasteiger partial charge on any atom is 0.164 e. The molecular weight excluding hydrogens is 663 g/mol. The molecule has 0 N–H and O–H groups in total. The van der Waals surface area contributed by atoms with Crippen molar-refractivity contribution in [3.63, 3.8) is 0 Å². The minimum atomic E-state index is 0.479. The molecule has 2 heterocycles. The predicted octanol–water partition coefficient (Wildman–Crippen LogP) is 12.8. The standard InChI is InChI=1S/C49H35N3S/c1-4-12-33(13-5-1)36-23-26-41-39(29-36)30-37(40-18-10-11-19-42(40)41)22-20-32-21-25-43-44-27-24-38(31-46(44)53-45(43)28-32)49-51-47(34-14-6-2-7-15-34)50-48(52-49)35-16-8-3-9-17-35/h1-19,21,23-29,31,37H,20,22,30H2. The van der Waals surface area contributed by atoms with Crippen LogP contribution in [-0.4, -0.2) is 15.0 Å². The number of aryl methyl sites for hydroxylation is 1. The fraction of sp³-hybridized carbons (Fsp3) is 0.0816. The monoisotopic (exact) mass is 697 g/mol. The second-order valence-electron chi connectivity index (χ2n) is 13.9. The summed E-state index contributed by atoms with van der Waals surface area (Å²) in [6.45, 7) is 0. The fourth-order valence-corrected chi connectivity index (χ4v) is 9.17. The molecule has 0 amide bonds. The molecule has 0 aliphatic heterocycles. The van der Waals surface area contributed by atoms with E-state index in [1.54, 1.807) is 0 Å². The summed E-state index contributed by atoms with van der Waals surface area (Å²) in [5.74, 6) is 2.52. The Morgan fingerprint density at radius 2 is 1.02 bits per heavy atom. The van der Waals surface area contributed by atoms with Crippen molar-refractivity contribution in [2.75, 3.05) is 0 Å². The molecule has 0 bridgehead atoms. The molecule has 252 valence electrons. The SMILES string of the molecule is c1ccc(-c2ccc3c(c2)CC(CCc2ccc4c(c2)sc2cc(-c5nc(-c6ccccc6)nc(-c6ccccc6)n5)ccc24)c2ccccc2-3)cc1. The normalized spacial score (nSPS) is 13.5. The molecule has 7 aromatic carbocycles. The maximum absolute atomic E-state index is 4.98. The number of hydrogen-bond acceptors (Lipinski definition) is 4. The molecule has 0 spiro atoms. The highest BCUT2D eigenvalue weighted by Crippen LogP contribution is 2.43. The van der Waals surface area contributed by atoms with Crippen LogP contribution in [-0.2, 0) is 12.8 Å². The first kappa shape index (κ1) is 31.5. The third-order valence-corrected chi connectivity index (χ3v) is 11.8. The lowest BCUT2D eigenvalue weighted by Crippen LogP contribution is -2.12. The molecule has 10 rings (SSSR count). The van der Waals surface area contributed by atoms with Gasteiger partial charge in [-0.05, 0) is 76.3 Å². The van der Waals surface area contributed by atoms with E-state index in [4.69, 9.17) is 15.0 Å². The molecule has 1 aliphatic rings. The van der Waals surface area contributed by atoms with Crippen LogP contribution in [0.1, 0.15) is 29.0 Å². The van der Waals surface area contributed by atoms with Crippen LogP contribution in [0, 0.1) is 0 Å². The van der Waals surface area contributed by atoms with Crippen molar-refractivity contribution in [1.82, 2.24) is 15.0 Å². The van der Waals surface area contributed by atoms with Gasteiger partial charge in [-0.2, -0.15) is 0 Å². The molecule has 53 heavy (non-hydrogen) atoms. The number of rotatable bonds is 7. The Bertz CT molecular complexity index is 2700. The second-order valence-corrected chi connectivity index (χ2v) is 15.0. The highest BCUT2D eigenvalue weighted by molar-refractivity contribution is 7.25. The number of benzene rings is 7. The highest BCUT2D eigenvalue weighted by atomic mass is 32.1. The first-order valence-corrected chi connectivity index (χ1v) is 19.2. The van der Waals surface area contributed by atoms with Gasteiger partial charge in [0.2, 0.25) is 0 Å². The van der Waals surface area contributed by atoms with Crippen molar-refractivity contribution in [3.05, 3.63) is 187 Å². The van der Waals surface area contributed by atoms with E-state index >= 15 is 0 Å². The minimum absolute atomic E-state index is 0.479. The number of hydrogen-bond donors (Lipinski definition) is 0. The lowest BCUT2D eigenvalue weighted by Gasteiger charge is -2.28. The molecule has 2 aromatic heterocycles. The Hall–Kier alpha value is -6.23. The zero-order valence-electron chi connectivity index (χ0n) is 29.1. The van der Waals surface area contributed by atoms with Crippen LogP contribution in [0.4, 0.5) is 0 Å². The van der Waals surface area contributed by atoms with E-state index in [1.165, 1.54) is 59.1 Å². The van der Waals surface area contributed by atoms with Crippen LogP contribution < -0.4 is 0 Å². The van der Waals surface area contributed by atoms with Gasteiger partial charge in [-0.25, -0.2) is 15.0 Å². The van der Waals surface area contributed by atoms with Gasteiger partial charge in [0.05, 0.1) is 0 Å². The van der Waals surface area contributed by atoms with Crippen LogP contribution in [0.25, 0.3) is 76.6 Å².